The van der Waals surface area contributed by atoms with Gasteiger partial charge >= 0.3 is 6.09 Å². The van der Waals surface area contributed by atoms with Crippen LogP contribution in [0.3, 0.4) is 0 Å². The fourth-order valence-corrected chi connectivity index (χ4v) is 4.36. The zero-order chi connectivity index (χ0) is 20.9. The Hall–Kier alpha value is -1.95. The highest BCUT2D eigenvalue weighted by Gasteiger charge is 2.35. The summed E-state index contributed by atoms with van der Waals surface area (Å²) >= 11 is 12.5. The molecule has 1 saturated heterocycles. The highest BCUT2D eigenvalue weighted by atomic mass is 35.5. The Kier molecular flexibility index (Phi) is 5.18. The molecular formula is C22H24Cl2N2O3. The molecule has 0 spiro atoms. The van der Waals surface area contributed by atoms with Crippen LogP contribution in [0.15, 0.2) is 36.4 Å². The van der Waals surface area contributed by atoms with Crippen molar-refractivity contribution < 1.29 is 14.6 Å². The summed E-state index contributed by atoms with van der Waals surface area (Å²) in [6.45, 7) is 6.37. The van der Waals surface area contributed by atoms with Gasteiger partial charge in [-0.15, -0.1) is 0 Å². The first-order valence-electron chi connectivity index (χ1n) is 9.69. The van der Waals surface area contributed by atoms with Crippen LogP contribution in [-0.4, -0.2) is 45.5 Å². The first kappa shape index (κ1) is 20.3. The SMILES string of the molecule is CC(C)(C)OC(=O)N1CC[C@H](O)[C@@H](n2c3ccc(Cl)cc3c3cc(Cl)ccc32)C1. The van der Waals surface area contributed by atoms with Crippen LogP contribution in [0, 0.1) is 0 Å². The highest BCUT2D eigenvalue weighted by molar-refractivity contribution is 6.33. The van der Waals surface area contributed by atoms with Crippen LogP contribution in [0.2, 0.25) is 10.0 Å². The second-order valence-corrected chi connectivity index (χ2v) is 9.42. The molecule has 0 bridgehead atoms. The number of ether oxygens (including phenoxy) is 1. The second-order valence-electron chi connectivity index (χ2n) is 8.54. The van der Waals surface area contributed by atoms with Crippen LogP contribution in [-0.2, 0) is 4.74 Å². The van der Waals surface area contributed by atoms with Crippen molar-refractivity contribution in [1.29, 1.82) is 0 Å². The van der Waals surface area contributed by atoms with Crippen molar-refractivity contribution in [2.45, 2.75) is 44.9 Å². The molecule has 1 N–H and O–H groups in total. The van der Waals surface area contributed by atoms with Gasteiger partial charge in [0.05, 0.1) is 12.1 Å². The predicted octanol–water partition coefficient (Wildman–Crippen LogP) is 5.64. The van der Waals surface area contributed by atoms with E-state index in [1.807, 2.05) is 57.2 Å². The van der Waals surface area contributed by atoms with Gasteiger partial charge in [0.15, 0.2) is 0 Å². The van der Waals surface area contributed by atoms with Gasteiger partial charge in [-0.3, -0.25) is 0 Å². The molecule has 0 radical (unpaired) electrons. The molecule has 7 heteroatoms. The number of aromatic nitrogens is 1. The molecule has 2 atom stereocenters. The number of carbonyl (C=O) groups excluding carboxylic acids is 1. The molecule has 5 nitrogen and oxygen atoms in total. The molecule has 29 heavy (non-hydrogen) atoms. The lowest BCUT2D eigenvalue weighted by Gasteiger charge is -2.38. The monoisotopic (exact) mass is 434 g/mol. The Morgan fingerprint density at radius 1 is 1.07 bits per heavy atom. The maximum atomic E-state index is 12.6. The third-order valence-corrected chi connectivity index (χ3v) is 5.73. The van der Waals surface area contributed by atoms with Crippen LogP contribution in [0.1, 0.15) is 33.2 Å². The molecule has 1 fully saturated rings. The van der Waals surface area contributed by atoms with E-state index in [-0.39, 0.29) is 12.1 Å². The molecule has 1 aliphatic heterocycles. The summed E-state index contributed by atoms with van der Waals surface area (Å²) in [5, 5.41) is 14.1. The third kappa shape index (κ3) is 3.91. The number of amides is 1. The van der Waals surface area contributed by atoms with E-state index in [4.69, 9.17) is 27.9 Å². The van der Waals surface area contributed by atoms with E-state index in [1.54, 1.807) is 4.90 Å². The molecule has 154 valence electrons. The Labute approximate surface area is 179 Å². The fraction of sp³-hybridized carbons (Fsp3) is 0.409. The average Bonchev–Trinajstić information content (AvgIpc) is 2.93. The minimum Gasteiger partial charge on any atom is -0.444 e. The average molecular weight is 435 g/mol. The van der Waals surface area contributed by atoms with E-state index in [9.17, 15) is 9.90 Å². The minimum absolute atomic E-state index is 0.307. The van der Waals surface area contributed by atoms with E-state index in [0.717, 1.165) is 21.8 Å². The van der Waals surface area contributed by atoms with E-state index < -0.39 is 11.7 Å². The quantitative estimate of drug-likeness (QED) is 0.538. The lowest BCUT2D eigenvalue weighted by molar-refractivity contribution is -0.00417. The second kappa shape index (κ2) is 7.38. The zero-order valence-corrected chi connectivity index (χ0v) is 18.2. The molecule has 2 heterocycles. The molecule has 0 aliphatic carbocycles. The number of aliphatic hydroxyl groups is 1. The van der Waals surface area contributed by atoms with Gasteiger partial charge in [0.25, 0.3) is 0 Å². The number of nitrogens with zero attached hydrogens (tertiary/aromatic N) is 2. The highest BCUT2D eigenvalue weighted by Crippen LogP contribution is 2.37. The molecule has 0 unspecified atom stereocenters. The Bertz CT molecular complexity index is 1030. The number of benzene rings is 2. The first-order chi connectivity index (χ1) is 13.6. The van der Waals surface area contributed by atoms with Crippen LogP contribution < -0.4 is 0 Å². The molecule has 1 amide bonds. The van der Waals surface area contributed by atoms with E-state index >= 15 is 0 Å². The summed E-state index contributed by atoms with van der Waals surface area (Å²) in [4.78, 5) is 14.3. The summed E-state index contributed by atoms with van der Waals surface area (Å²) in [5.41, 5.74) is 1.33. The summed E-state index contributed by atoms with van der Waals surface area (Å²) < 4.78 is 7.64. The molecule has 2 aromatic carbocycles. The fourth-order valence-electron chi connectivity index (χ4n) is 4.02. The Morgan fingerprint density at radius 2 is 1.62 bits per heavy atom. The molecule has 1 aromatic heterocycles. The number of halogens is 2. The standard InChI is InChI=1S/C22H24Cl2N2O3/c1-22(2,3)29-21(28)25-9-8-20(27)19(12-25)26-17-6-4-13(23)10-15(17)16-11-14(24)5-7-18(16)26/h4-7,10-11,19-20,27H,8-9,12H2,1-3H3/t19-,20-/m0/s1. The van der Waals surface area contributed by atoms with Crippen molar-refractivity contribution in [3.8, 4) is 0 Å². The van der Waals surface area contributed by atoms with Gasteiger partial charge in [0.1, 0.15) is 5.60 Å². The first-order valence-corrected chi connectivity index (χ1v) is 10.4. The summed E-state index contributed by atoms with van der Waals surface area (Å²) in [5.74, 6) is 0. The Balaban J connectivity index is 1.80. The zero-order valence-electron chi connectivity index (χ0n) is 16.7. The van der Waals surface area contributed by atoms with Crippen molar-refractivity contribution in [3.63, 3.8) is 0 Å². The lowest BCUT2D eigenvalue weighted by atomic mass is 10.0. The van der Waals surface area contributed by atoms with Crippen LogP contribution in [0.25, 0.3) is 21.8 Å². The topological polar surface area (TPSA) is 54.7 Å². The van der Waals surface area contributed by atoms with Crippen molar-refractivity contribution in [2.75, 3.05) is 13.1 Å². The van der Waals surface area contributed by atoms with Gasteiger partial charge in [-0.05, 0) is 63.6 Å². The maximum Gasteiger partial charge on any atom is 0.410 e. The number of aliphatic hydroxyl groups excluding tert-OH is 1. The van der Waals surface area contributed by atoms with Crippen molar-refractivity contribution in [2.24, 2.45) is 0 Å². The van der Waals surface area contributed by atoms with Crippen LogP contribution in [0.4, 0.5) is 4.79 Å². The number of fused-ring (bicyclic) bond motifs is 3. The number of carbonyl (C=O) groups is 1. The number of hydrogen-bond donors (Lipinski definition) is 1. The summed E-state index contributed by atoms with van der Waals surface area (Å²) in [6, 6.07) is 11.1. The van der Waals surface area contributed by atoms with E-state index in [0.29, 0.717) is 29.6 Å². The number of rotatable bonds is 1. The molecule has 3 aromatic rings. The number of likely N-dealkylation sites (tertiary alicyclic amines) is 1. The number of hydrogen-bond acceptors (Lipinski definition) is 3. The summed E-state index contributed by atoms with van der Waals surface area (Å²) in [6.07, 6.45) is -0.466. The number of piperidine rings is 1. The predicted molar refractivity (Wildman–Crippen MR) is 117 cm³/mol. The maximum absolute atomic E-state index is 12.6. The third-order valence-electron chi connectivity index (χ3n) is 5.26. The van der Waals surface area contributed by atoms with Crippen LogP contribution >= 0.6 is 23.2 Å². The molecular weight excluding hydrogens is 411 g/mol. The van der Waals surface area contributed by atoms with Crippen molar-refractivity contribution >= 4 is 51.1 Å². The van der Waals surface area contributed by atoms with Gasteiger partial charge in [-0.2, -0.15) is 0 Å². The minimum atomic E-state index is -0.584. The van der Waals surface area contributed by atoms with Crippen molar-refractivity contribution in [1.82, 2.24) is 9.47 Å². The molecule has 0 saturated carbocycles. The largest absolute Gasteiger partial charge is 0.444 e. The van der Waals surface area contributed by atoms with Gasteiger partial charge in [-0.25, -0.2) is 4.79 Å². The van der Waals surface area contributed by atoms with Gasteiger partial charge in [-0.1, -0.05) is 23.2 Å². The van der Waals surface area contributed by atoms with E-state index in [1.165, 1.54) is 0 Å². The van der Waals surface area contributed by atoms with E-state index in [2.05, 4.69) is 4.57 Å². The smallest absolute Gasteiger partial charge is 0.410 e. The van der Waals surface area contributed by atoms with Crippen LogP contribution in [0.5, 0.6) is 0 Å². The molecule has 1 aliphatic rings. The lowest BCUT2D eigenvalue weighted by Crippen LogP contribution is -2.48. The Morgan fingerprint density at radius 3 is 2.14 bits per heavy atom. The van der Waals surface area contributed by atoms with Gasteiger partial charge < -0.3 is 19.3 Å². The summed E-state index contributed by atoms with van der Waals surface area (Å²) in [7, 11) is 0. The normalized spacial score (nSPS) is 20.4. The van der Waals surface area contributed by atoms with Crippen molar-refractivity contribution in [3.05, 3.63) is 46.4 Å². The molecule has 4 rings (SSSR count). The van der Waals surface area contributed by atoms with Gasteiger partial charge in [0.2, 0.25) is 0 Å². The van der Waals surface area contributed by atoms with Gasteiger partial charge in [0, 0.05) is 44.9 Å².